The van der Waals surface area contributed by atoms with Crippen LogP contribution in [0, 0.1) is 0 Å². The van der Waals surface area contributed by atoms with Gasteiger partial charge in [0, 0.05) is 28.8 Å². The first kappa shape index (κ1) is 30.3. The van der Waals surface area contributed by atoms with Gasteiger partial charge in [0.1, 0.15) is 17.0 Å². The number of fused-ring (bicyclic) bond motifs is 1. The minimum atomic E-state index is -0.636. The number of halogens is 1. The number of rotatable bonds is 6. The lowest BCUT2D eigenvalue weighted by atomic mass is 9.94. The molecule has 1 amide bonds. The summed E-state index contributed by atoms with van der Waals surface area (Å²) < 4.78 is 10.8. The normalized spacial score (nSPS) is 16.6. The minimum absolute atomic E-state index is 0.0795. The molecular formula is C33H37ClN2O5. The third-order valence-corrected chi connectivity index (χ3v) is 6.92. The fourth-order valence-electron chi connectivity index (χ4n) is 4.90. The molecule has 2 atom stereocenters. The number of anilines is 1. The maximum Gasteiger partial charge on any atom is 0.412 e. The van der Waals surface area contributed by atoms with Gasteiger partial charge in [-0.15, -0.1) is 0 Å². The molecule has 0 aliphatic heterocycles. The van der Waals surface area contributed by atoms with Crippen LogP contribution in [0.4, 0.5) is 10.5 Å². The third kappa shape index (κ3) is 7.73. The molecule has 1 aliphatic carbocycles. The predicted molar refractivity (Wildman–Crippen MR) is 161 cm³/mol. The lowest BCUT2D eigenvalue weighted by Crippen LogP contribution is -2.27. The number of hydrogen-bond acceptors (Lipinski definition) is 6. The van der Waals surface area contributed by atoms with E-state index < -0.39 is 23.3 Å². The van der Waals surface area contributed by atoms with Crippen molar-refractivity contribution < 1.29 is 23.9 Å². The average molecular weight is 577 g/mol. The van der Waals surface area contributed by atoms with Gasteiger partial charge in [-0.2, -0.15) is 0 Å². The molecule has 8 heteroatoms. The molecule has 0 fully saturated rings. The Hall–Kier alpha value is -3.71. The van der Waals surface area contributed by atoms with Crippen molar-refractivity contribution in [3.63, 3.8) is 0 Å². The molecule has 0 radical (unpaired) electrons. The van der Waals surface area contributed by atoms with E-state index in [4.69, 9.17) is 26.1 Å². The highest BCUT2D eigenvalue weighted by Gasteiger charge is 2.35. The van der Waals surface area contributed by atoms with Gasteiger partial charge in [0.15, 0.2) is 0 Å². The molecule has 4 rings (SSSR count). The van der Waals surface area contributed by atoms with E-state index in [9.17, 15) is 14.4 Å². The number of Topliss-reactive ketones (excluding diaryl/α,β-unsaturated/α-hetero) is 1. The average Bonchev–Trinajstić information content (AvgIpc) is 3.19. The summed E-state index contributed by atoms with van der Waals surface area (Å²) in [5.74, 6) is -0.505. The minimum Gasteiger partial charge on any atom is -0.456 e. The number of amides is 1. The maximum atomic E-state index is 13.4. The number of benzene rings is 2. The van der Waals surface area contributed by atoms with Crippen molar-refractivity contribution in [2.24, 2.45) is 0 Å². The molecule has 0 saturated carbocycles. The van der Waals surface area contributed by atoms with Crippen LogP contribution in [0.3, 0.4) is 0 Å². The van der Waals surface area contributed by atoms with Crippen LogP contribution >= 0.6 is 11.6 Å². The molecule has 1 N–H and O–H groups in total. The van der Waals surface area contributed by atoms with Crippen LogP contribution in [-0.4, -0.2) is 34.0 Å². The molecule has 1 heterocycles. The van der Waals surface area contributed by atoms with Crippen LogP contribution in [0.1, 0.15) is 93.9 Å². The molecule has 7 nitrogen and oxygen atoms in total. The first-order chi connectivity index (χ1) is 19.1. The number of esters is 1. The summed E-state index contributed by atoms with van der Waals surface area (Å²) in [7, 11) is 0. The topological polar surface area (TPSA) is 94.6 Å². The second-order valence-electron chi connectivity index (χ2n) is 12.5. The number of nitrogens with one attached hydrogen (secondary N) is 1. The zero-order chi connectivity index (χ0) is 30.1. The van der Waals surface area contributed by atoms with E-state index in [0.717, 1.165) is 22.4 Å². The molecule has 3 aromatic rings. The summed E-state index contributed by atoms with van der Waals surface area (Å²) in [4.78, 5) is 42.9. The fraction of sp³-hybridized carbons (Fsp3) is 0.394. The van der Waals surface area contributed by atoms with Crippen LogP contribution in [0.15, 0.2) is 54.7 Å². The van der Waals surface area contributed by atoms with Gasteiger partial charge in [-0.25, -0.2) is 9.59 Å². The van der Waals surface area contributed by atoms with Gasteiger partial charge in [-0.3, -0.25) is 15.1 Å². The van der Waals surface area contributed by atoms with Crippen LogP contribution in [-0.2, 0) is 20.7 Å². The Morgan fingerprint density at radius 2 is 1.61 bits per heavy atom. The second-order valence-corrected chi connectivity index (χ2v) is 13.0. The maximum absolute atomic E-state index is 13.4. The molecule has 2 aromatic carbocycles. The Labute approximate surface area is 246 Å². The van der Waals surface area contributed by atoms with Crippen molar-refractivity contribution in [2.75, 3.05) is 5.32 Å². The number of ketones is 1. The van der Waals surface area contributed by atoms with Crippen molar-refractivity contribution in [1.82, 2.24) is 4.98 Å². The smallest absolute Gasteiger partial charge is 0.412 e. The first-order valence-corrected chi connectivity index (χ1v) is 14.1. The number of pyridine rings is 1. The number of hydrogen-bond donors (Lipinski definition) is 1. The Morgan fingerprint density at radius 1 is 0.951 bits per heavy atom. The van der Waals surface area contributed by atoms with Gasteiger partial charge in [-0.05, 0) is 101 Å². The summed E-state index contributed by atoms with van der Waals surface area (Å²) >= 11 is 6.32. The zero-order valence-corrected chi connectivity index (χ0v) is 25.4. The van der Waals surface area contributed by atoms with Gasteiger partial charge < -0.3 is 9.47 Å². The van der Waals surface area contributed by atoms with Gasteiger partial charge >= 0.3 is 12.1 Å². The second kappa shape index (κ2) is 11.6. The molecule has 2 unspecified atom stereocenters. The monoisotopic (exact) mass is 576 g/mol. The summed E-state index contributed by atoms with van der Waals surface area (Å²) in [6.45, 7) is 13.0. The molecule has 0 bridgehead atoms. The molecule has 1 aromatic heterocycles. The third-order valence-electron chi connectivity index (χ3n) is 6.68. The number of aromatic nitrogens is 1. The largest absolute Gasteiger partial charge is 0.456 e. The SMILES string of the molecule is CC1CC(C(=O)Cc2ccc(C(=O)OC(C)(C)C)cc2)c2ncc(-c3cc(Cl)ccc3NC(=O)OC(C)(C)C)cc21. The standard InChI is InChI=1S/C33H37ClN2O5/c1-19-14-26(28(37)15-20-8-10-21(11-9-20)30(38)40-32(2,3)4)29-24(19)16-22(18-35-29)25-17-23(34)12-13-27(25)36-31(39)41-33(5,6)7/h8-13,16-19,26H,14-15H2,1-7H3,(H,36,39). The van der Waals surface area contributed by atoms with Gasteiger partial charge in [-0.1, -0.05) is 30.7 Å². The Bertz CT molecular complexity index is 1470. The van der Waals surface area contributed by atoms with E-state index in [-0.39, 0.29) is 24.0 Å². The lowest BCUT2D eigenvalue weighted by molar-refractivity contribution is -0.120. The molecule has 216 valence electrons. The first-order valence-electron chi connectivity index (χ1n) is 13.7. The lowest BCUT2D eigenvalue weighted by Gasteiger charge is -2.20. The molecule has 41 heavy (non-hydrogen) atoms. The molecule has 0 spiro atoms. The zero-order valence-electron chi connectivity index (χ0n) is 24.6. The van der Waals surface area contributed by atoms with Crippen LogP contribution in [0.25, 0.3) is 11.1 Å². The highest BCUT2D eigenvalue weighted by Crippen LogP contribution is 2.43. The molecular weight excluding hydrogens is 540 g/mol. The van der Waals surface area contributed by atoms with Crippen molar-refractivity contribution in [3.8, 4) is 11.1 Å². The number of ether oxygens (including phenoxy) is 2. The summed E-state index contributed by atoms with van der Waals surface area (Å²) in [5, 5.41) is 3.34. The van der Waals surface area contributed by atoms with E-state index in [2.05, 4.69) is 12.2 Å². The Kier molecular flexibility index (Phi) is 8.59. The van der Waals surface area contributed by atoms with E-state index in [0.29, 0.717) is 28.3 Å². The van der Waals surface area contributed by atoms with Gasteiger partial charge in [0.05, 0.1) is 22.9 Å². The number of nitrogens with zero attached hydrogens (tertiary/aromatic N) is 1. The summed E-state index contributed by atoms with van der Waals surface area (Å²) in [5.41, 5.74) is 3.91. The van der Waals surface area contributed by atoms with Gasteiger partial charge in [0.25, 0.3) is 0 Å². The van der Waals surface area contributed by atoms with Crippen molar-refractivity contribution >= 4 is 35.1 Å². The van der Waals surface area contributed by atoms with E-state index >= 15 is 0 Å². The van der Waals surface area contributed by atoms with Crippen LogP contribution in [0.2, 0.25) is 5.02 Å². The number of carbonyl (C=O) groups excluding carboxylic acids is 3. The van der Waals surface area contributed by atoms with Crippen molar-refractivity contribution in [2.45, 2.75) is 84.3 Å². The summed E-state index contributed by atoms with van der Waals surface area (Å²) in [6, 6.07) is 14.2. The Morgan fingerprint density at radius 3 is 2.24 bits per heavy atom. The fourth-order valence-corrected chi connectivity index (χ4v) is 5.07. The van der Waals surface area contributed by atoms with Crippen LogP contribution < -0.4 is 5.32 Å². The van der Waals surface area contributed by atoms with Crippen molar-refractivity contribution in [3.05, 3.63) is 82.1 Å². The predicted octanol–water partition coefficient (Wildman–Crippen LogP) is 8.11. The highest BCUT2D eigenvalue weighted by atomic mass is 35.5. The highest BCUT2D eigenvalue weighted by molar-refractivity contribution is 6.31. The van der Waals surface area contributed by atoms with Gasteiger partial charge in [0.2, 0.25) is 0 Å². The van der Waals surface area contributed by atoms with Crippen molar-refractivity contribution in [1.29, 1.82) is 0 Å². The van der Waals surface area contributed by atoms with E-state index in [1.807, 2.05) is 26.8 Å². The number of carbonyl (C=O) groups is 3. The summed E-state index contributed by atoms with van der Waals surface area (Å²) in [6.07, 6.45) is 2.07. The van der Waals surface area contributed by atoms with E-state index in [1.54, 1.807) is 69.4 Å². The Balaban J connectivity index is 1.53. The van der Waals surface area contributed by atoms with Crippen LogP contribution in [0.5, 0.6) is 0 Å². The quantitative estimate of drug-likeness (QED) is 0.298. The molecule has 0 saturated heterocycles. The molecule has 1 aliphatic rings. The van der Waals surface area contributed by atoms with E-state index in [1.165, 1.54) is 0 Å².